The molecule has 2 saturated heterocycles. The number of benzene rings is 1. The number of fused-ring (bicyclic) bond motifs is 1. The van der Waals surface area contributed by atoms with Gasteiger partial charge in [0.05, 0.1) is 36.7 Å². The Labute approximate surface area is 180 Å². The van der Waals surface area contributed by atoms with E-state index in [0.29, 0.717) is 19.5 Å². The lowest BCUT2D eigenvalue weighted by molar-refractivity contribution is -0.139. The molecule has 160 valence electrons. The van der Waals surface area contributed by atoms with Gasteiger partial charge in [-0.3, -0.25) is 14.6 Å². The number of rotatable bonds is 6. The van der Waals surface area contributed by atoms with Crippen LogP contribution in [0.1, 0.15) is 11.3 Å². The lowest BCUT2D eigenvalue weighted by atomic mass is 9.76. The summed E-state index contributed by atoms with van der Waals surface area (Å²) >= 11 is 0. The second-order valence-corrected chi connectivity index (χ2v) is 8.48. The number of aliphatic hydroxyl groups excluding tert-OH is 1. The minimum atomic E-state index is -0.752. The maximum absolute atomic E-state index is 13.5. The van der Waals surface area contributed by atoms with Gasteiger partial charge in [0, 0.05) is 25.5 Å². The maximum Gasteiger partial charge on any atom is 0.234 e. The number of nitrogens with zero attached hydrogens (tertiary/aromatic N) is 3. The minimum absolute atomic E-state index is 0.0775. The first-order chi connectivity index (χ1) is 15.0. The molecule has 1 aromatic heterocycles. The standard InChI is InChI=1S/C24H25N3O4/c1-26(14-17-4-2-3-12-25-17)22(29)20-19-9-11-24(31-19)15-27(23(30)21(20)24)18-7-5-16(6-8-18)10-13-28/h2-9,11-12,19-21,28H,10,13-15H2,1H3/t19-,20+,21+,24-/m0/s1. The van der Waals surface area contributed by atoms with Crippen molar-refractivity contribution >= 4 is 17.5 Å². The average molecular weight is 419 g/mol. The molecule has 1 spiro atoms. The smallest absolute Gasteiger partial charge is 0.234 e. The van der Waals surface area contributed by atoms with E-state index in [9.17, 15) is 9.59 Å². The monoisotopic (exact) mass is 419 g/mol. The molecule has 0 unspecified atom stereocenters. The summed E-state index contributed by atoms with van der Waals surface area (Å²) in [6.45, 7) is 0.871. The lowest BCUT2D eigenvalue weighted by Gasteiger charge is -2.27. The van der Waals surface area contributed by atoms with Crippen LogP contribution < -0.4 is 4.90 Å². The minimum Gasteiger partial charge on any atom is -0.396 e. The van der Waals surface area contributed by atoms with E-state index in [1.54, 1.807) is 23.0 Å². The second-order valence-electron chi connectivity index (χ2n) is 8.48. The normalized spacial score (nSPS) is 28.3. The number of anilines is 1. The van der Waals surface area contributed by atoms with Crippen molar-refractivity contribution in [2.75, 3.05) is 25.1 Å². The highest BCUT2D eigenvalue weighted by molar-refractivity contribution is 6.03. The van der Waals surface area contributed by atoms with Crippen LogP contribution in [0, 0.1) is 11.8 Å². The first kappa shape index (κ1) is 19.9. The molecular formula is C24H25N3O4. The van der Waals surface area contributed by atoms with E-state index in [1.165, 1.54) is 0 Å². The van der Waals surface area contributed by atoms with Crippen LogP contribution >= 0.6 is 0 Å². The Bertz CT molecular complexity index is 1020. The van der Waals surface area contributed by atoms with E-state index in [0.717, 1.165) is 16.9 Å². The molecule has 3 aliphatic rings. The molecule has 31 heavy (non-hydrogen) atoms. The van der Waals surface area contributed by atoms with E-state index in [-0.39, 0.29) is 24.5 Å². The van der Waals surface area contributed by atoms with Gasteiger partial charge in [-0.15, -0.1) is 0 Å². The van der Waals surface area contributed by atoms with E-state index in [1.807, 2.05) is 54.6 Å². The number of amides is 2. The molecule has 3 aliphatic heterocycles. The molecule has 1 aromatic carbocycles. The van der Waals surface area contributed by atoms with Crippen molar-refractivity contribution in [3.05, 3.63) is 72.1 Å². The zero-order chi connectivity index (χ0) is 21.6. The van der Waals surface area contributed by atoms with Crippen molar-refractivity contribution in [1.82, 2.24) is 9.88 Å². The molecule has 5 rings (SSSR count). The molecule has 0 radical (unpaired) electrons. The van der Waals surface area contributed by atoms with Gasteiger partial charge in [-0.25, -0.2) is 0 Å². The van der Waals surface area contributed by atoms with Gasteiger partial charge in [0.15, 0.2) is 0 Å². The molecule has 2 amide bonds. The summed E-state index contributed by atoms with van der Waals surface area (Å²) in [4.78, 5) is 34.5. The van der Waals surface area contributed by atoms with Crippen molar-refractivity contribution in [1.29, 1.82) is 0 Å². The van der Waals surface area contributed by atoms with Crippen molar-refractivity contribution in [3.63, 3.8) is 0 Å². The zero-order valence-electron chi connectivity index (χ0n) is 17.3. The predicted octanol–water partition coefficient (Wildman–Crippen LogP) is 1.56. The van der Waals surface area contributed by atoms with Crippen molar-refractivity contribution in [2.45, 2.75) is 24.7 Å². The number of carbonyl (C=O) groups is 2. The van der Waals surface area contributed by atoms with Gasteiger partial charge in [-0.2, -0.15) is 0 Å². The summed E-state index contributed by atoms with van der Waals surface area (Å²) in [5, 5.41) is 9.11. The Morgan fingerprint density at radius 3 is 2.81 bits per heavy atom. The van der Waals surface area contributed by atoms with Crippen molar-refractivity contribution in [3.8, 4) is 0 Å². The van der Waals surface area contributed by atoms with Crippen LogP contribution in [0.25, 0.3) is 0 Å². The first-order valence-electron chi connectivity index (χ1n) is 10.6. The summed E-state index contributed by atoms with van der Waals surface area (Å²) in [7, 11) is 1.75. The highest BCUT2D eigenvalue weighted by atomic mass is 16.5. The summed E-state index contributed by atoms with van der Waals surface area (Å²) in [6, 6.07) is 13.2. The van der Waals surface area contributed by atoms with Crippen LogP contribution in [0.5, 0.6) is 0 Å². The largest absolute Gasteiger partial charge is 0.396 e. The molecule has 7 heteroatoms. The molecule has 0 aliphatic carbocycles. The fourth-order valence-electron chi connectivity index (χ4n) is 5.04. The van der Waals surface area contributed by atoms with Crippen LogP contribution in [0.2, 0.25) is 0 Å². The van der Waals surface area contributed by atoms with Crippen LogP contribution in [-0.2, 0) is 27.3 Å². The SMILES string of the molecule is CN(Cc1ccccn1)C(=O)[C@@H]1[C@@H]2C=C[C@@]3(CN(c4ccc(CCO)cc4)C(=O)[C@@H]13)O2. The van der Waals surface area contributed by atoms with Crippen LogP contribution in [0.4, 0.5) is 5.69 Å². The van der Waals surface area contributed by atoms with E-state index in [2.05, 4.69) is 4.98 Å². The second kappa shape index (κ2) is 7.59. The van der Waals surface area contributed by atoms with E-state index < -0.39 is 17.4 Å². The lowest BCUT2D eigenvalue weighted by Crippen LogP contribution is -2.44. The summed E-state index contributed by atoms with van der Waals surface area (Å²) < 4.78 is 6.23. The van der Waals surface area contributed by atoms with Gasteiger partial charge < -0.3 is 19.6 Å². The molecule has 2 aromatic rings. The number of aliphatic hydroxyl groups is 1. The number of ether oxygens (including phenoxy) is 1. The predicted molar refractivity (Wildman–Crippen MR) is 114 cm³/mol. The maximum atomic E-state index is 13.5. The third-order valence-corrected chi connectivity index (χ3v) is 6.54. The van der Waals surface area contributed by atoms with Crippen LogP contribution in [0.15, 0.2) is 60.8 Å². The van der Waals surface area contributed by atoms with Gasteiger partial charge in [-0.05, 0) is 36.2 Å². The van der Waals surface area contributed by atoms with E-state index >= 15 is 0 Å². The first-order valence-corrected chi connectivity index (χ1v) is 10.6. The molecule has 7 nitrogen and oxygen atoms in total. The zero-order valence-corrected chi connectivity index (χ0v) is 17.3. The molecule has 0 saturated carbocycles. The van der Waals surface area contributed by atoms with Gasteiger partial charge in [0.1, 0.15) is 5.60 Å². The fraction of sp³-hybridized carbons (Fsp3) is 0.375. The molecule has 4 atom stereocenters. The highest BCUT2D eigenvalue weighted by Gasteiger charge is 2.67. The van der Waals surface area contributed by atoms with Crippen LogP contribution in [0.3, 0.4) is 0 Å². The van der Waals surface area contributed by atoms with Gasteiger partial charge in [0.2, 0.25) is 11.8 Å². The Balaban J connectivity index is 1.38. The summed E-state index contributed by atoms with van der Waals surface area (Å²) in [6.07, 6.45) is 5.79. The molecule has 2 bridgehead atoms. The fourth-order valence-corrected chi connectivity index (χ4v) is 5.04. The topological polar surface area (TPSA) is 83.0 Å². The number of pyridine rings is 1. The van der Waals surface area contributed by atoms with Gasteiger partial charge in [-0.1, -0.05) is 30.4 Å². The quantitative estimate of drug-likeness (QED) is 0.719. The molecular weight excluding hydrogens is 394 g/mol. The Kier molecular flexibility index (Phi) is 4.87. The van der Waals surface area contributed by atoms with Gasteiger partial charge >= 0.3 is 0 Å². The number of hydrogen-bond donors (Lipinski definition) is 1. The number of hydrogen-bond acceptors (Lipinski definition) is 5. The molecule has 2 fully saturated rings. The average Bonchev–Trinajstić information content (AvgIpc) is 3.43. The van der Waals surface area contributed by atoms with Crippen molar-refractivity contribution in [2.24, 2.45) is 11.8 Å². The van der Waals surface area contributed by atoms with E-state index in [4.69, 9.17) is 9.84 Å². The number of aromatic nitrogens is 1. The Morgan fingerprint density at radius 1 is 1.29 bits per heavy atom. The molecule has 1 N–H and O–H groups in total. The number of carbonyl (C=O) groups excluding carboxylic acids is 2. The van der Waals surface area contributed by atoms with Crippen LogP contribution in [-0.4, -0.2) is 58.7 Å². The summed E-state index contributed by atoms with van der Waals surface area (Å²) in [5.41, 5.74) is 1.84. The van der Waals surface area contributed by atoms with Gasteiger partial charge in [0.25, 0.3) is 0 Å². The third kappa shape index (κ3) is 3.25. The van der Waals surface area contributed by atoms with Crippen molar-refractivity contribution < 1.29 is 19.4 Å². The Hall–Kier alpha value is -3.03. The Morgan fingerprint density at radius 2 is 2.10 bits per heavy atom. The molecule has 4 heterocycles. The highest BCUT2D eigenvalue weighted by Crippen LogP contribution is 2.53. The third-order valence-electron chi connectivity index (χ3n) is 6.54. The summed E-state index contributed by atoms with van der Waals surface area (Å²) in [5.74, 6) is -1.24.